The van der Waals surface area contributed by atoms with Gasteiger partial charge in [-0.1, -0.05) is 6.92 Å². The largest absolute Gasteiger partial charge is 0.341 e. The highest BCUT2D eigenvalue weighted by atomic mass is 16.2. The first kappa shape index (κ1) is 17.0. The van der Waals surface area contributed by atoms with Crippen LogP contribution in [0.25, 0.3) is 0 Å². The topological polar surface area (TPSA) is 61.7 Å². The number of nitrogens with zero attached hydrogens (tertiary/aromatic N) is 5. The van der Waals surface area contributed by atoms with Crippen LogP contribution in [0.1, 0.15) is 26.2 Å². The van der Waals surface area contributed by atoms with Crippen molar-refractivity contribution < 1.29 is 9.59 Å². The van der Waals surface area contributed by atoms with Crippen molar-refractivity contribution in [3.05, 3.63) is 12.4 Å². The van der Waals surface area contributed by atoms with Gasteiger partial charge in [0.2, 0.25) is 11.8 Å². The number of rotatable bonds is 3. The van der Waals surface area contributed by atoms with Crippen molar-refractivity contribution in [2.24, 2.45) is 13.0 Å². The van der Waals surface area contributed by atoms with Gasteiger partial charge in [-0.05, 0) is 25.9 Å². The summed E-state index contributed by atoms with van der Waals surface area (Å²) in [6.45, 7) is 7.30. The van der Waals surface area contributed by atoms with Crippen molar-refractivity contribution in [2.45, 2.75) is 26.2 Å². The number of hydrogen-bond acceptors (Lipinski definition) is 4. The molecule has 1 aromatic heterocycles. The van der Waals surface area contributed by atoms with Crippen molar-refractivity contribution in [1.29, 1.82) is 0 Å². The van der Waals surface area contributed by atoms with Crippen molar-refractivity contribution in [1.82, 2.24) is 19.6 Å². The number of anilines is 1. The van der Waals surface area contributed by atoms with E-state index in [0.717, 1.165) is 44.8 Å². The van der Waals surface area contributed by atoms with Crippen LogP contribution in [0, 0.1) is 5.92 Å². The van der Waals surface area contributed by atoms with E-state index >= 15 is 0 Å². The summed E-state index contributed by atoms with van der Waals surface area (Å²) in [6, 6.07) is 0. The summed E-state index contributed by atoms with van der Waals surface area (Å²) in [7, 11) is 1.83. The minimum atomic E-state index is -0.101. The number of likely N-dealkylation sites (N-methyl/N-ethyl adjacent to an activating group) is 1. The second-order valence-electron chi connectivity index (χ2n) is 6.73. The molecule has 2 saturated heterocycles. The molecule has 3 heterocycles. The second kappa shape index (κ2) is 7.34. The van der Waals surface area contributed by atoms with Gasteiger partial charge in [-0.15, -0.1) is 0 Å². The molecule has 1 atom stereocenters. The Morgan fingerprint density at radius 1 is 1.29 bits per heavy atom. The highest BCUT2D eigenvalue weighted by molar-refractivity contribution is 5.96. The third kappa shape index (κ3) is 3.61. The standard InChI is InChI=1S/C17H27N5O2/c1-3-20-7-4-8-21(10-9-20)17(24)14-5-6-16(23)22(12-14)15-11-18-19(2)13-15/h11,13-14H,3-10,12H2,1-2H3. The third-order valence-corrected chi connectivity index (χ3v) is 5.11. The Bertz CT molecular complexity index is 600. The summed E-state index contributed by atoms with van der Waals surface area (Å²) in [4.78, 5) is 31.3. The normalized spacial score (nSPS) is 23.4. The molecule has 0 bridgehead atoms. The van der Waals surface area contributed by atoms with E-state index in [1.54, 1.807) is 15.8 Å². The monoisotopic (exact) mass is 333 g/mol. The van der Waals surface area contributed by atoms with Crippen LogP contribution in [0.5, 0.6) is 0 Å². The predicted molar refractivity (Wildman–Crippen MR) is 91.6 cm³/mol. The zero-order chi connectivity index (χ0) is 17.1. The molecule has 0 aromatic carbocycles. The summed E-state index contributed by atoms with van der Waals surface area (Å²) in [6.07, 6.45) is 5.63. The van der Waals surface area contributed by atoms with Gasteiger partial charge < -0.3 is 14.7 Å². The van der Waals surface area contributed by atoms with E-state index in [1.165, 1.54) is 0 Å². The number of piperidine rings is 1. The first-order valence-electron chi connectivity index (χ1n) is 8.88. The van der Waals surface area contributed by atoms with Gasteiger partial charge in [0.05, 0.1) is 17.8 Å². The molecule has 3 rings (SSSR count). The molecule has 0 N–H and O–H groups in total. The number of amides is 2. The lowest BCUT2D eigenvalue weighted by molar-refractivity contribution is -0.136. The molecule has 0 aliphatic carbocycles. The van der Waals surface area contributed by atoms with E-state index < -0.39 is 0 Å². The Morgan fingerprint density at radius 3 is 2.83 bits per heavy atom. The average molecular weight is 333 g/mol. The van der Waals surface area contributed by atoms with Crippen LogP contribution in [0.15, 0.2) is 12.4 Å². The van der Waals surface area contributed by atoms with Crippen LogP contribution in [0.2, 0.25) is 0 Å². The third-order valence-electron chi connectivity index (χ3n) is 5.11. The van der Waals surface area contributed by atoms with Crippen molar-refractivity contribution in [2.75, 3.05) is 44.2 Å². The summed E-state index contributed by atoms with van der Waals surface area (Å²) in [5.74, 6) is 0.186. The van der Waals surface area contributed by atoms with Crippen molar-refractivity contribution >= 4 is 17.5 Å². The molecular formula is C17H27N5O2. The highest BCUT2D eigenvalue weighted by Crippen LogP contribution is 2.25. The van der Waals surface area contributed by atoms with Gasteiger partial charge in [-0.2, -0.15) is 5.10 Å². The predicted octanol–water partition coefficient (Wildman–Crippen LogP) is 0.717. The van der Waals surface area contributed by atoms with E-state index in [4.69, 9.17) is 0 Å². The average Bonchev–Trinajstić information content (AvgIpc) is 2.87. The summed E-state index contributed by atoms with van der Waals surface area (Å²) < 4.78 is 1.68. The lowest BCUT2D eigenvalue weighted by Gasteiger charge is -2.34. The summed E-state index contributed by atoms with van der Waals surface area (Å²) in [5.41, 5.74) is 0.785. The fraction of sp³-hybridized carbons (Fsp3) is 0.706. The van der Waals surface area contributed by atoms with E-state index in [2.05, 4.69) is 16.9 Å². The van der Waals surface area contributed by atoms with E-state index in [-0.39, 0.29) is 17.7 Å². The smallest absolute Gasteiger partial charge is 0.227 e. The minimum Gasteiger partial charge on any atom is -0.341 e. The van der Waals surface area contributed by atoms with Gasteiger partial charge in [0.25, 0.3) is 0 Å². The lowest BCUT2D eigenvalue weighted by atomic mass is 9.95. The first-order chi connectivity index (χ1) is 11.6. The number of aryl methyl sites for hydroxylation is 1. The van der Waals surface area contributed by atoms with Gasteiger partial charge in [-0.3, -0.25) is 14.3 Å². The number of carbonyl (C=O) groups excluding carboxylic acids is 2. The van der Waals surface area contributed by atoms with Gasteiger partial charge >= 0.3 is 0 Å². The Hall–Kier alpha value is -1.89. The molecule has 2 fully saturated rings. The van der Waals surface area contributed by atoms with Crippen LogP contribution in [0.3, 0.4) is 0 Å². The molecule has 2 aliphatic heterocycles. The molecule has 7 nitrogen and oxygen atoms in total. The molecule has 132 valence electrons. The molecule has 2 amide bonds. The quantitative estimate of drug-likeness (QED) is 0.818. The lowest BCUT2D eigenvalue weighted by Crippen LogP contribution is -2.48. The SMILES string of the molecule is CCN1CCCN(C(=O)C2CCC(=O)N(c3cnn(C)c3)C2)CC1. The van der Waals surface area contributed by atoms with Gasteiger partial charge in [-0.25, -0.2) is 0 Å². The van der Waals surface area contributed by atoms with Crippen molar-refractivity contribution in [3.8, 4) is 0 Å². The molecule has 24 heavy (non-hydrogen) atoms. The van der Waals surface area contributed by atoms with E-state index in [0.29, 0.717) is 19.4 Å². The van der Waals surface area contributed by atoms with Gasteiger partial charge in [0.15, 0.2) is 0 Å². The number of carbonyl (C=O) groups is 2. The van der Waals surface area contributed by atoms with Crippen LogP contribution < -0.4 is 4.90 Å². The fourth-order valence-electron chi connectivity index (χ4n) is 3.61. The molecule has 0 saturated carbocycles. The maximum Gasteiger partial charge on any atom is 0.227 e. The molecule has 0 spiro atoms. The van der Waals surface area contributed by atoms with Crippen LogP contribution in [0.4, 0.5) is 5.69 Å². The maximum atomic E-state index is 12.9. The first-order valence-corrected chi connectivity index (χ1v) is 8.88. The van der Waals surface area contributed by atoms with Gasteiger partial charge in [0, 0.05) is 45.8 Å². The van der Waals surface area contributed by atoms with Crippen LogP contribution in [-0.2, 0) is 16.6 Å². The highest BCUT2D eigenvalue weighted by Gasteiger charge is 2.34. The van der Waals surface area contributed by atoms with E-state index in [9.17, 15) is 9.59 Å². The number of hydrogen-bond donors (Lipinski definition) is 0. The Labute approximate surface area is 143 Å². The summed E-state index contributed by atoms with van der Waals surface area (Å²) >= 11 is 0. The van der Waals surface area contributed by atoms with Crippen molar-refractivity contribution in [3.63, 3.8) is 0 Å². The van der Waals surface area contributed by atoms with Crippen LogP contribution >= 0.6 is 0 Å². The Morgan fingerprint density at radius 2 is 2.12 bits per heavy atom. The molecule has 1 aromatic rings. The van der Waals surface area contributed by atoms with Crippen LogP contribution in [-0.4, -0.2) is 70.7 Å². The maximum absolute atomic E-state index is 12.9. The van der Waals surface area contributed by atoms with E-state index in [1.807, 2.05) is 18.1 Å². The Kier molecular flexibility index (Phi) is 5.18. The minimum absolute atomic E-state index is 0.0834. The zero-order valence-electron chi connectivity index (χ0n) is 14.6. The fourth-order valence-corrected chi connectivity index (χ4v) is 3.61. The zero-order valence-corrected chi connectivity index (χ0v) is 14.6. The second-order valence-corrected chi connectivity index (χ2v) is 6.73. The molecule has 1 unspecified atom stereocenters. The molecule has 0 radical (unpaired) electrons. The molecule has 7 heteroatoms. The molecule has 2 aliphatic rings. The summed E-state index contributed by atoms with van der Waals surface area (Å²) in [5, 5.41) is 4.14. The Balaban J connectivity index is 1.65. The molecular weight excluding hydrogens is 306 g/mol. The van der Waals surface area contributed by atoms with Gasteiger partial charge in [0.1, 0.15) is 0 Å². The number of aromatic nitrogens is 2.